The summed E-state index contributed by atoms with van der Waals surface area (Å²) in [6.07, 6.45) is 2.11. The van der Waals surface area contributed by atoms with Crippen LogP contribution in [0.1, 0.15) is 32.3 Å². The van der Waals surface area contributed by atoms with Crippen LogP contribution in [0, 0.1) is 5.92 Å². The SMILES string of the molecule is COc1cc(CC(=O)O)ccc1OCCCC(C)C. The number of aliphatic carboxylic acids is 1. The number of carboxylic acids is 1. The van der Waals surface area contributed by atoms with Gasteiger partial charge < -0.3 is 14.6 Å². The first kappa shape index (κ1) is 15.3. The van der Waals surface area contributed by atoms with Crippen molar-refractivity contribution < 1.29 is 19.4 Å². The minimum Gasteiger partial charge on any atom is -0.493 e. The zero-order valence-corrected chi connectivity index (χ0v) is 11.8. The van der Waals surface area contributed by atoms with Crippen LogP contribution in [0.4, 0.5) is 0 Å². The quantitative estimate of drug-likeness (QED) is 0.734. The maximum atomic E-state index is 10.7. The number of ether oxygens (including phenoxy) is 2. The Morgan fingerprint density at radius 3 is 2.63 bits per heavy atom. The van der Waals surface area contributed by atoms with Crippen molar-refractivity contribution in [3.63, 3.8) is 0 Å². The summed E-state index contributed by atoms with van der Waals surface area (Å²) in [4.78, 5) is 10.7. The van der Waals surface area contributed by atoms with Crippen molar-refractivity contribution >= 4 is 5.97 Å². The van der Waals surface area contributed by atoms with Gasteiger partial charge in [-0.15, -0.1) is 0 Å². The van der Waals surface area contributed by atoms with Crippen LogP contribution in [-0.4, -0.2) is 24.8 Å². The largest absolute Gasteiger partial charge is 0.493 e. The third-order valence-electron chi connectivity index (χ3n) is 2.77. The van der Waals surface area contributed by atoms with E-state index in [9.17, 15) is 4.79 Å². The van der Waals surface area contributed by atoms with Gasteiger partial charge in [0.25, 0.3) is 0 Å². The molecule has 0 aliphatic heterocycles. The van der Waals surface area contributed by atoms with Crippen LogP contribution in [0.25, 0.3) is 0 Å². The molecule has 0 bridgehead atoms. The molecular weight excluding hydrogens is 244 g/mol. The number of benzene rings is 1. The lowest BCUT2D eigenvalue weighted by atomic mass is 10.1. The molecule has 19 heavy (non-hydrogen) atoms. The lowest BCUT2D eigenvalue weighted by Crippen LogP contribution is -2.03. The maximum Gasteiger partial charge on any atom is 0.307 e. The molecule has 0 saturated heterocycles. The average Bonchev–Trinajstić information content (AvgIpc) is 2.34. The van der Waals surface area contributed by atoms with E-state index in [0.29, 0.717) is 29.6 Å². The van der Waals surface area contributed by atoms with E-state index in [-0.39, 0.29) is 6.42 Å². The average molecular weight is 266 g/mol. The summed E-state index contributed by atoms with van der Waals surface area (Å²) in [5, 5.41) is 8.75. The summed E-state index contributed by atoms with van der Waals surface area (Å²) in [5.74, 6) is 1.07. The fourth-order valence-electron chi connectivity index (χ4n) is 1.79. The number of hydrogen-bond donors (Lipinski definition) is 1. The van der Waals surface area contributed by atoms with Crippen LogP contribution in [0.15, 0.2) is 18.2 Å². The van der Waals surface area contributed by atoms with E-state index in [2.05, 4.69) is 13.8 Å². The van der Waals surface area contributed by atoms with Crippen LogP contribution >= 0.6 is 0 Å². The molecule has 0 spiro atoms. The molecule has 1 aromatic carbocycles. The van der Waals surface area contributed by atoms with Crippen LogP contribution in [0.5, 0.6) is 11.5 Å². The van der Waals surface area contributed by atoms with Crippen molar-refractivity contribution in [1.82, 2.24) is 0 Å². The van der Waals surface area contributed by atoms with Gasteiger partial charge >= 0.3 is 5.97 Å². The van der Waals surface area contributed by atoms with E-state index in [4.69, 9.17) is 14.6 Å². The van der Waals surface area contributed by atoms with Gasteiger partial charge in [0, 0.05) is 0 Å². The van der Waals surface area contributed by atoms with Crippen molar-refractivity contribution in [2.24, 2.45) is 5.92 Å². The molecule has 4 nitrogen and oxygen atoms in total. The Kier molecular flexibility index (Phi) is 6.19. The fraction of sp³-hybridized carbons (Fsp3) is 0.533. The first-order valence-electron chi connectivity index (χ1n) is 6.54. The Labute approximate surface area is 114 Å². The molecule has 0 fully saturated rings. The van der Waals surface area contributed by atoms with Gasteiger partial charge in [-0.3, -0.25) is 4.79 Å². The molecular formula is C15H22O4. The molecule has 106 valence electrons. The highest BCUT2D eigenvalue weighted by Gasteiger charge is 2.08. The summed E-state index contributed by atoms with van der Waals surface area (Å²) < 4.78 is 10.9. The molecule has 0 amide bonds. The molecule has 0 radical (unpaired) electrons. The second-order valence-corrected chi connectivity index (χ2v) is 4.94. The lowest BCUT2D eigenvalue weighted by molar-refractivity contribution is -0.136. The lowest BCUT2D eigenvalue weighted by Gasteiger charge is -2.12. The first-order chi connectivity index (χ1) is 9.02. The molecule has 0 aliphatic rings. The van der Waals surface area contributed by atoms with Crippen LogP contribution in [0.3, 0.4) is 0 Å². The van der Waals surface area contributed by atoms with Gasteiger partial charge in [0.05, 0.1) is 20.1 Å². The Morgan fingerprint density at radius 1 is 1.32 bits per heavy atom. The van der Waals surface area contributed by atoms with Gasteiger partial charge in [-0.05, 0) is 36.5 Å². The molecule has 4 heteroatoms. The molecule has 1 aromatic rings. The maximum absolute atomic E-state index is 10.7. The van der Waals surface area contributed by atoms with Gasteiger partial charge in [-0.1, -0.05) is 19.9 Å². The topological polar surface area (TPSA) is 55.8 Å². The third-order valence-corrected chi connectivity index (χ3v) is 2.77. The minimum absolute atomic E-state index is 0.00993. The van der Waals surface area contributed by atoms with Crippen LogP contribution in [0.2, 0.25) is 0 Å². The molecule has 0 aromatic heterocycles. The number of methoxy groups -OCH3 is 1. The molecule has 1 N–H and O–H groups in total. The summed E-state index contributed by atoms with van der Waals surface area (Å²) >= 11 is 0. The number of carboxylic acid groups (broad SMARTS) is 1. The second-order valence-electron chi connectivity index (χ2n) is 4.94. The van der Waals surface area contributed by atoms with Crippen molar-refractivity contribution in [1.29, 1.82) is 0 Å². The highest BCUT2D eigenvalue weighted by molar-refractivity contribution is 5.70. The van der Waals surface area contributed by atoms with E-state index in [1.54, 1.807) is 25.3 Å². The van der Waals surface area contributed by atoms with Crippen molar-refractivity contribution in [3.8, 4) is 11.5 Å². The highest BCUT2D eigenvalue weighted by Crippen LogP contribution is 2.28. The summed E-state index contributed by atoms with van der Waals surface area (Å²) in [7, 11) is 1.56. The molecule has 0 saturated carbocycles. The van der Waals surface area contributed by atoms with Crippen molar-refractivity contribution in [2.45, 2.75) is 33.1 Å². The van der Waals surface area contributed by atoms with E-state index in [0.717, 1.165) is 12.8 Å². The minimum atomic E-state index is -0.854. The molecule has 1 rings (SSSR count). The second kappa shape index (κ2) is 7.67. The Balaban J connectivity index is 2.60. The molecule has 0 heterocycles. The van der Waals surface area contributed by atoms with E-state index < -0.39 is 5.97 Å². The van der Waals surface area contributed by atoms with Crippen LogP contribution in [-0.2, 0) is 11.2 Å². The zero-order chi connectivity index (χ0) is 14.3. The molecule has 0 atom stereocenters. The van der Waals surface area contributed by atoms with Crippen LogP contribution < -0.4 is 9.47 Å². The smallest absolute Gasteiger partial charge is 0.307 e. The fourth-order valence-corrected chi connectivity index (χ4v) is 1.79. The van der Waals surface area contributed by atoms with Gasteiger partial charge in [0.2, 0.25) is 0 Å². The third kappa shape index (κ3) is 5.64. The normalized spacial score (nSPS) is 10.5. The summed E-state index contributed by atoms with van der Waals surface area (Å²) in [5.41, 5.74) is 0.707. The number of hydrogen-bond acceptors (Lipinski definition) is 3. The highest BCUT2D eigenvalue weighted by atomic mass is 16.5. The predicted molar refractivity (Wildman–Crippen MR) is 73.9 cm³/mol. The monoisotopic (exact) mass is 266 g/mol. The van der Waals surface area contributed by atoms with Gasteiger partial charge in [0.15, 0.2) is 11.5 Å². The Morgan fingerprint density at radius 2 is 2.05 bits per heavy atom. The van der Waals surface area contributed by atoms with E-state index in [1.165, 1.54) is 0 Å². The number of rotatable bonds is 8. The standard InChI is InChI=1S/C15H22O4/c1-11(2)5-4-8-19-13-7-6-12(10-15(16)17)9-14(13)18-3/h6-7,9,11H,4-5,8,10H2,1-3H3,(H,16,17). The van der Waals surface area contributed by atoms with Gasteiger partial charge in [-0.2, -0.15) is 0 Å². The Bertz CT molecular complexity index is 413. The zero-order valence-electron chi connectivity index (χ0n) is 11.8. The van der Waals surface area contributed by atoms with E-state index in [1.807, 2.05) is 0 Å². The van der Waals surface area contributed by atoms with Gasteiger partial charge in [-0.25, -0.2) is 0 Å². The molecule has 0 unspecified atom stereocenters. The summed E-state index contributed by atoms with van der Waals surface area (Å²) in [6.45, 7) is 5.01. The number of carbonyl (C=O) groups is 1. The van der Waals surface area contributed by atoms with Gasteiger partial charge in [0.1, 0.15) is 0 Å². The molecule has 0 aliphatic carbocycles. The summed E-state index contributed by atoms with van der Waals surface area (Å²) in [6, 6.07) is 5.24. The van der Waals surface area contributed by atoms with E-state index >= 15 is 0 Å². The van der Waals surface area contributed by atoms with Crippen molar-refractivity contribution in [2.75, 3.05) is 13.7 Å². The predicted octanol–water partition coefficient (Wildman–Crippen LogP) is 3.14. The van der Waals surface area contributed by atoms with Crippen molar-refractivity contribution in [3.05, 3.63) is 23.8 Å². The first-order valence-corrected chi connectivity index (χ1v) is 6.54. The Hall–Kier alpha value is -1.71.